The number of rotatable bonds is 6. The molecule has 0 radical (unpaired) electrons. The average molecular weight is 283 g/mol. The summed E-state index contributed by atoms with van der Waals surface area (Å²) in [5.74, 6) is 0.260. The smallest absolute Gasteiger partial charge is 0.210 e. The van der Waals surface area contributed by atoms with Crippen molar-refractivity contribution in [1.29, 1.82) is 0 Å². The van der Waals surface area contributed by atoms with Crippen LogP contribution in [0.3, 0.4) is 0 Å². The molecular formula is C18H21NO2. The first-order valence-corrected chi connectivity index (χ1v) is 7.13. The van der Waals surface area contributed by atoms with Crippen LogP contribution in [-0.4, -0.2) is 22.5 Å². The van der Waals surface area contributed by atoms with E-state index in [9.17, 15) is 9.90 Å². The fourth-order valence-corrected chi connectivity index (χ4v) is 2.42. The van der Waals surface area contributed by atoms with Gasteiger partial charge in [-0.25, -0.2) is 0 Å². The minimum Gasteiger partial charge on any atom is -0.508 e. The zero-order valence-electron chi connectivity index (χ0n) is 12.5. The van der Waals surface area contributed by atoms with Crippen LogP contribution in [0.15, 0.2) is 48.5 Å². The standard InChI is InChI=1S/C18H21NO2/c1-14-6-3-4-8-17(14)12-19(13-20)15(2)10-16-7-5-9-18(21)11-16/h3-9,11,13,15,21H,10,12H2,1-2H3/t15-/m1/s1. The number of phenolic OH excluding ortho intramolecular Hbond substituents is 1. The molecule has 2 rings (SSSR count). The van der Waals surface area contributed by atoms with Gasteiger partial charge in [0.2, 0.25) is 6.41 Å². The second-order valence-electron chi connectivity index (χ2n) is 5.43. The number of hydrogen-bond acceptors (Lipinski definition) is 2. The first kappa shape index (κ1) is 15.1. The summed E-state index contributed by atoms with van der Waals surface area (Å²) in [6.07, 6.45) is 1.62. The Hall–Kier alpha value is -2.29. The van der Waals surface area contributed by atoms with Gasteiger partial charge in [0, 0.05) is 12.6 Å². The van der Waals surface area contributed by atoms with Crippen LogP contribution in [0.2, 0.25) is 0 Å². The second-order valence-corrected chi connectivity index (χ2v) is 5.43. The van der Waals surface area contributed by atoms with Crippen molar-refractivity contribution in [2.45, 2.75) is 32.9 Å². The molecule has 21 heavy (non-hydrogen) atoms. The zero-order chi connectivity index (χ0) is 15.2. The third-order valence-corrected chi connectivity index (χ3v) is 3.76. The maximum atomic E-state index is 11.4. The summed E-state index contributed by atoms with van der Waals surface area (Å²) in [4.78, 5) is 13.2. The van der Waals surface area contributed by atoms with E-state index in [2.05, 4.69) is 13.0 Å². The van der Waals surface area contributed by atoms with Crippen LogP contribution in [0.1, 0.15) is 23.6 Å². The van der Waals surface area contributed by atoms with Gasteiger partial charge < -0.3 is 10.0 Å². The van der Waals surface area contributed by atoms with Crippen LogP contribution >= 0.6 is 0 Å². The van der Waals surface area contributed by atoms with Gasteiger partial charge in [-0.1, -0.05) is 36.4 Å². The number of carbonyl (C=O) groups excluding carboxylic acids is 1. The van der Waals surface area contributed by atoms with Gasteiger partial charge in [0.25, 0.3) is 0 Å². The quantitative estimate of drug-likeness (QED) is 0.826. The van der Waals surface area contributed by atoms with Gasteiger partial charge in [0.1, 0.15) is 5.75 Å². The Morgan fingerprint density at radius 3 is 2.62 bits per heavy atom. The van der Waals surface area contributed by atoms with Crippen LogP contribution in [0.5, 0.6) is 5.75 Å². The van der Waals surface area contributed by atoms with E-state index in [0.29, 0.717) is 6.54 Å². The fraction of sp³-hybridized carbons (Fsp3) is 0.278. The van der Waals surface area contributed by atoms with Gasteiger partial charge in [-0.05, 0) is 49.1 Å². The molecule has 0 fully saturated rings. The maximum Gasteiger partial charge on any atom is 0.210 e. The lowest BCUT2D eigenvalue weighted by Gasteiger charge is -2.26. The van der Waals surface area contributed by atoms with Crippen molar-refractivity contribution in [2.75, 3.05) is 0 Å². The third-order valence-electron chi connectivity index (χ3n) is 3.76. The minimum absolute atomic E-state index is 0.0731. The number of hydrogen-bond donors (Lipinski definition) is 1. The second kappa shape index (κ2) is 6.93. The summed E-state index contributed by atoms with van der Waals surface area (Å²) in [5.41, 5.74) is 3.38. The van der Waals surface area contributed by atoms with Crippen LogP contribution in [0.25, 0.3) is 0 Å². The molecule has 0 heterocycles. The molecular weight excluding hydrogens is 262 g/mol. The van der Waals surface area contributed by atoms with Crippen molar-refractivity contribution in [1.82, 2.24) is 4.90 Å². The highest BCUT2D eigenvalue weighted by Crippen LogP contribution is 2.16. The molecule has 1 amide bonds. The van der Waals surface area contributed by atoms with E-state index in [1.165, 1.54) is 5.56 Å². The SMILES string of the molecule is Cc1ccccc1CN(C=O)[C@H](C)Cc1cccc(O)c1. The summed E-state index contributed by atoms with van der Waals surface area (Å²) in [6, 6.07) is 15.4. The summed E-state index contributed by atoms with van der Waals surface area (Å²) < 4.78 is 0. The number of amides is 1. The van der Waals surface area contributed by atoms with E-state index < -0.39 is 0 Å². The number of benzene rings is 2. The van der Waals surface area contributed by atoms with Gasteiger partial charge in [-0.3, -0.25) is 4.79 Å². The van der Waals surface area contributed by atoms with E-state index in [0.717, 1.165) is 24.0 Å². The monoisotopic (exact) mass is 283 g/mol. The summed E-state index contributed by atoms with van der Waals surface area (Å²) in [6.45, 7) is 4.69. The normalized spacial score (nSPS) is 11.9. The molecule has 0 aliphatic carbocycles. The van der Waals surface area contributed by atoms with E-state index in [1.54, 1.807) is 17.0 Å². The largest absolute Gasteiger partial charge is 0.508 e. The number of aryl methyl sites for hydroxylation is 1. The first-order valence-electron chi connectivity index (χ1n) is 7.13. The van der Waals surface area contributed by atoms with Crippen LogP contribution < -0.4 is 0 Å². The Morgan fingerprint density at radius 1 is 1.19 bits per heavy atom. The predicted octanol–water partition coefficient (Wildman–Crippen LogP) is 3.29. The molecule has 0 spiro atoms. The summed E-state index contributed by atoms with van der Waals surface area (Å²) >= 11 is 0. The predicted molar refractivity (Wildman–Crippen MR) is 84.1 cm³/mol. The Balaban J connectivity index is 2.07. The van der Waals surface area contributed by atoms with E-state index >= 15 is 0 Å². The third kappa shape index (κ3) is 4.09. The van der Waals surface area contributed by atoms with E-state index in [1.807, 2.05) is 37.3 Å². The van der Waals surface area contributed by atoms with Crippen molar-refractivity contribution in [3.8, 4) is 5.75 Å². The molecule has 2 aromatic carbocycles. The molecule has 1 atom stereocenters. The van der Waals surface area contributed by atoms with Gasteiger partial charge >= 0.3 is 0 Å². The van der Waals surface area contributed by atoms with Gasteiger partial charge in [-0.2, -0.15) is 0 Å². The van der Waals surface area contributed by atoms with Crippen LogP contribution in [0, 0.1) is 6.92 Å². The molecule has 0 aliphatic rings. The summed E-state index contributed by atoms with van der Waals surface area (Å²) in [5, 5.41) is 9.51. The number of nitrogens with zero attached hydrogens (tertiary/aromatic N) is 1. The topological polar surface area (TPSA) is 40.5 Å². The first-order chi connectivity index (χ1) is 10.1. The van der Waals surface area contributed by atoms with Gasteiger partial charge in [0.15, 0.2) is 0 Å². The maximum absolute atomic E-state index is 11.4. The molecule has 0 aromatic heterocycles. The van der Waals surface area contributed by atoms with Crippen molar-refractivity contribution >= 4 is 6.41 Å². The van der Waals surface area contributed by atoms with Crippen LogP contribution in [0.4, 0.5) is 0 Å². The lowest BCUT2D eigenvalue weighted by Crippen LogP contribution is -2.33. The molecule has 2 aromatic rings. The van der Waals surface area contributed by atoms with Gasteiger partial charge in [-0.15, -0.1) is 0 Å². The minimum atomic E-state index is 0.0731. The number of carbonyl (C=O) groups is 1. The van der Waals surface area contributed by atoms with Crippen molar-refractivity contribution in [2.24, 2.45) is 0 Å². The Morgan fingerprint density at radius 2 is 1.95 bits per heavy atom. The molecule has 0 aliphatic heterocycles. The highest BCUT2D eigenvalue weighted by Gasteiger charge is 2.14. The molecule has 0 bridgehead atoms. The van der Waals surface area contributed by atoms with Crippen molar-refractivity contribution in [3.05, 3.63) is 65.2 Å². The molecule has 3 heteroatoms. The highest BCUT2D eigenvalue weighted by molar-refractivity contribution is 5.48. The van der Waals surface area contributed by atoms with Crippen LogP contribution in [-0.2, 0) is 17.8 Å². The Labute approximate surface area is 125 Å². The average Bonchev–Trinajstić information content (AvgIpc) is 2.46. The molecule has 1 N–H and O–H groups in total. The van der Waals surface area contributed by atoms with E-state index in [-0.39, 0.29) is 11.8 Å². The lowest BCUT2D eigenvalue weighted by atomic mass is 10.0. The Kier molecular flexibility index (Phi) is 4.99. The Bertz CT molecular complexity index is 610. The van der Waals surface area contributed by atoms with Crippen molar-refractivity contribution in [3.63, 3.8) is 0 Å². The molecule has 0 unspecified atom stereocenters. The number of aromatic hydroxyl groups is 1. The molecule has 0 saturated heterocycles. The lowest BCUT2D eigenvalue weighted by molar-refractivity contribution is -0.120. The zero-order valence-corrected chi connectivity index (χ0v) is 12.5. The summed E-state index contributed by atoms with van der Waals surface area (Å²) in [7, 11) is 0. The van der Waals surface area contributed by atoms with Gasteiger partial charge in [0.05, 0.1) is 0 Å². The molecule has 110 valence electrons. The molecule has 3 nitrogen and oxygen atoms in total. The highest BCUT2D eigenvalue weighted by atomic mass is 16.3. The van der Waals surface area contributed by atoms with Crippen molar-refractivity contribution < 1.29 is 9.90 Å². The van der Waals surface area contributed by atoms with E-state index in [4.69, 9.17) is 0 Å². The molecule has 0 saturated carbocycles. The number of phenols is 1. The fourth-order valence-electron chi connectivity index (χ4n) is 2.42.